The van der Waals surface area contributed by atoms with Gasteiger partial charge >= 0.3 is 0 Å². The molecule has 4 nitrogen and oxygen atoms in total. The van der Waals surface area contributed by atoms with Crippen LogP contribution >= 0.6 is 11.3 Å². The van der Waals surface area contributed by atoms with Crippen molar-refractivity contribution in [1.29, 1.82) is 0 Å². The molecule has 4 rings (SSSR count). The molecular formula is C16H14FN3OS. The van der Waals surface area contributed by atoms with E-state index < -0.39 is 0 Å². The topological polar surface area (TPSA) is 54.0 Å². The maximum Gasteiger partial charge on any atom is 0.243 e. The number of fused-ring (bicyclic) bond motifs is 3. The highest BCUT2D eigenvalue weighted by Crippen LogP contribution is 2.33. The molecule has 1 aliphatic heterocycles. The van der Waals surface area contributed by atoms with Crippen molar-refractivity contribution in [2.24, 2.45) is 0 Å². The zero-order chi connectivity index (χ0) is 15.1. The van der Waals surface area contributed by atoms with E-state index in [-0.39, 0.29) is 17.8 Å². The number of halogens is 1. The molecule has 0 aliphatic carbocycles. The summed E-state index contributed by atoms with van der Waals surface area (Å²) in [6, 6.07) is 8.30. The lowest BCUT2D eigenvalue weighted by atomic mass is 10.1. The molecule has 0 radical (unpaired) electrons. The Hall–Kier alpha value is -2.05. The molecule has 0 bridgehead atoms. The minimum atomic E-state index is -0.253. The van der Waals surface area contributed by atoms with Crippen molar-refractivity contribution in [3.63, 3.8) is 0 Å². The second kappa shape index (κ2) is 5.30. The second-order valence-corrected chi connectivity index (χ2v) is 6.44. The Labute approximate surface area is 130 Å². The van der Waals surface area contributed by atoms with E-state index in [4.69, 9.17) is 0 Å². The quantitative estimate of drug-likeness (QED) is 0.763. The molecule has 1 aliphatic rings. The number of aromatic nitrogens is 1. The molecule has 2 aromatic carbocycles. The molecule has 22 heavy (non-hydrogen) atoms. The summed E-state index contributed by atoms with van der Waals surface area (Å²) in [6.45, 7) is 0.883. The Morgan fingerprint density at radius 2 is 2.27 bits per heavy atom. The average molecular weight is 315 g/mol. The van der Waals surface area contributed by atoms with E-state index in [1.165, 1.54) is 23.5 Å². The number of carbonyl (C=O) groups is 1. The predicted octanol–water partition coefficient (Wildman–Crippen LogP) is 3.28. The molecule has 2 N–H and O–H groups in total. The third-order valence-corrected chi connectivity index (χ3v) is 4.96. The lowest BCUT2D eigenvalue weighted by Crippen LogP contribution is -2.35. The standard InChI is InChI=1S/C16H14FN3OS/c17-10-4-5-11-9(8-10)3-6-12-14(11)22-16(19-12)20-15(21)13-2-1-7-18-13/h3-6,8,13,18H,1-2,7H2,(H,19,20,21)/t13-/m0/s1. The zero-order valence-electron chi connectivity index (χ0n) is 11.7. The van der Waals surface area contributed by atoms with Crippen LogP contribution in [-0.4, -0.2) is 23.5 Å². The summed E-state index contributed by atoms with van der Waals surface area (Å²) in [5, 5.41) is 8.43. The summed E-state index contributed by atoms with van der Waals surface area (Å²) < 4.78 is 14.3. The van der Waals surface area contributed by atoms with Crippen molar-refractivity contribution in [2.75, 3.05) is 11.9 Å². The van der Waals surface area contributed by atoms with Gasteiger partial charge in [-0.1, -0.05) is 17.4 Å². The fraction of sp³-hybridized carbons (Fsp3) is 0.250. The van der Waals surface area contributed by atoms with Crippen molar-refractivity contribution in [2.45, 2.75) is 18.9 Å². The molecule has 112 valence electrons. The zero-order valence-corrected chi connectivity index (χ0v) is 12.5. The van der Waals surface area contributed by atoms with Crippen LogP contribution in [0.5, 0.6) is 0 Å². The van der Waals surface area contributed by atoms with Crippen LogP contribution < -0.4 is 10.6 Å². The van der Waals surface area contributed by atoms with Gasteiger partial charge in [0.1, 0.15) is 5.82 Å². The SMILES string of the molecule is O=C(Nc1nc2ccc3cc(F)ccc3c2s1)[C@@H]1CCCN1. The number of hydrogen-bond acceptors (Lipinski definition) is 4. The van der Waals surface area contributed by atoms with E-state index in [2.05, 4.69) is 15.6 Å². The van der Waals surface area contributed by atoms with Crippen molar-refractivity contribution in [3.8, 4) is 0 Å². The number of amides is 1. The van der Waals surface area contributed by atoms with Gasteiger partial charge in [-0.2, -0.15) is 0 Å². The monoisotopic (exact) mass is 315 g/mol. The van der Waals surface area contributed by atoms with Crippen LogP contribution in [-0.2, 0) is 4.79 Å². The van der Waals surface area contributed by atoms with Gasteiger partial charge in [-0.15, -0.1) is 0 Å². The van der Waals surface area contributed by atoms with Crippen LogP contribution in [0, 0.1) is 5.82 Å². The van der Waals surface area contributed by atoms with E-state index in [1.54, 1.807) is 6.07 Å². The van der Waals surface area contributed by atoms with Crippen LogP contribution in [0.25, 0.3) is 21.0 Å². The summed E-state index contributed by atoms with van der Waals surface area (Å²) in [5.74, 6) is -0.288. The Bertz CT molecular complexity index is 870. The van der Waals surface area contributed by atoms with E-state index in [0.29, 0.717) is 5.13 Å². The lowest BCUT2D eigenvalue weighted by Gasteiger charge is -2.08. The Morgan fingerprint density at radius 3 is 3.09 bits per heavy atom. The molecule has 0 saturated carbocycles. The minimum absolute atomic E-state index is 0.0353. The molecule has 1 aromatic heterocycles. The summed E-state index contributed by atoms with van der Waals surface area (Å²) >= 11 is 1.43. The molecule has 6 heteroatoms. The Kier molecular flexibility index (Phi) is 3.28. The Morgan fingerprint density at radius 1 is 1.36 bits per heavy atom. The number of thiazole rings is 1. The van der Waals surface area contributed by atoms with Gasteiger partial charge in [-0.3, -0.25) is 4.79 Å². The normalized spacial score (nSPS) is 18.1. The summed E-state index contributed by atoms with van der Waals surface area (Å²) in [5.41, 5.74) is 0.818. The first-order valence-electron chi connectivity index (χ1n) is 7.24. The second-order valence-electron chi connectivity index (χ2n) is 5.44. The molecule has 2 heterocycles. The van der Waals surface area contributed by atoms with Crippen molar-refractivity contribution in [3.05, 3.63) is 36.1 Å². The maximum absolute atomic E-state index is 13.3. The van der Waals surface area contributed by atoms with Crippen molar-refractivity contribution >= 4 is 43.4 Å². The Balaban J connectivity index is 1.70. The summed E-state index contributed by atoms with van der Waals surface area (Å²) in [6.07, 6.45) is 1.88. The van der Waals surface area contributed by atoms with Crippen molar-refractivity contribution in [1.82, 2.24) is 10.3 Å². The lowest BCUT2D eigenvalue weighted by molar-refractivity contribution is -0.117. The number of nitrogens with one attached hydrogen (secondary N) is 2. The third-order valence-electron chi connectivity index (χ3n) is 3.94. The molecule has 1 saturated heterocycles. The average Bonchev–Trinajstić information content (AvgIpc) is 3.15. The van der Waals surface area contributed by atoms with Crippen molar-refractivity contribution < 1.29 is 9.18 Å². The highest BCUT2D eigenvalue weighted by Gasteiger charge is 2.22. The molecule has 1 amide bonds. The number of carbonyl (C=O) groups excluding carboxylic acids is 1. The van der Waals surface area contributed by atoms with Gasteiger partial charge in [0.25, 0.3) is 0 Å². The molecule has 3 aromatic rings. The number of rotatable bonds is 2. The van der Waals surface area contributed by atoms with Crippen LogP contribution in [0.15, 0.2) is 30.3 Å². The van der Waals surface area contributed by atoms with Gasteiger partial charge in [-0.25, -0.2) is 9.37 Å². The maximum atomic E-state index is 13.3. The highest BCUT2D eigenvalue weighted by atomic mass is 32.1. The molecule has 1 atom stereocenters. The first kappa shape index (κ1) is 13.6. The molecule has 0 unspecified atom stereocenters. The summed E-state index contributed by atoms with van der Waals surface area (Å²) in [7, 11) is 0. The molecule has 0 spiro atoms. The van der Waals surface area contributed by atoms with Gasteiger partial charge in [0.15, 0.2) is 5.13 Å². The summed E-state index contributed by atoms with van der Waals surface area (Å²) in [4.78, 5) is 16.6. The van der Waals surface area contributed by atoms with E-state index >= 15 is 0 Å². The molecular weight excluding hydrogens is 301 g/mol. The number of hydrogen-bond donors (Lipinski definition) is 2. The van der Waals surface area contributed by atoms with Crippen LogP contribution in [0.1, 0.15) is 12.8 Å². The van der Waals surface area contributed by atoms with Gasteiger partial charge < -0.3 is 10.6 Å². The third kappa shape index (κ3) is 2.34. The van der Waals surface area contributed by atoms with Crippen LogP contribution in [0.3, 0.4) is 0 Å². The van der Waals surface area contributed by atoms with E-state index in [0.717, 1.165) is 40.4 Å². The van der Waals surface area contributed by atoms with E-state index in [1.807, 2.05) is 12.1 Å². The predicted molar refractivity (Wildman–Crippen MR) is 86.7 cm³/mol. The largest absolute Gasteiger partial charge is 0.306 e. The van der Waals surface area contributed by atoms with Crippen LogP contribution in [0.4, 0.5) is 9.52 Å². The smallest absolute Gasteiger partial charge is 0.243 e. The molecule has 1 fully saturated rings. The van der Waals surface area contributed by atoms with E-state index in [9.17, 15) is 9.18 Å². The van der Waals surface area contributed by atoms with Gasteiger partial charge in [0.05, 0.1) is 16.3 Å². The number of anilines is 1. The highest BCUT2D eigenvalue weighted by molar-refractivity contribution is 7.23. The van der Waals surface area contributed by atoms with Gasteiger partial charge in [-0.05, 0) is 49.0 Å². The van der Waals surface area contributed by atoms with Gasteiger partial charge in [0.2, 0.25) is 5.91 Å². The minimum Gasteiger partial charge on any atom is -0.306 e. The fourth-order valence-electron chi connectivity index (χ4n) is 2.84. The number of benzene rings is 2. The van der Waals surface area contributed by atoms with Gasteiger partial charge in [0, 0.05) is 5.39 Å². The first-order chi connectivity index (χ1) is 10.7. The number of nitrogens with zero attached hydrogens (tertiary/aromatic N) is 1. The first-order valence-corrected chi connectivity index (χ1v) is 8.05. The van der Waals surface area contributed by atoms with Crippen LogP contribution in [0.2, 0.25) is 0 Å². The fourth-order valence-corrected chi connectivity index (χ4v) is 3.84.